The average molecular weight is 383 g/mol. The molecular formula is C19H19BrN4. The SMILES string of the molecule is Cc1cc(Nc2cccc(Br)c2)nc(NCCc2ccccc2)n1. The summed E-state index contributed by atoms with van der Waals surface area (Å²) < 4.78 is 1.03. The lowest BCUT2D eigenvalue weighted by atomic mass is 10.1. The van der Waals surface area contributed by atoms with Crippen molar-refractivity contribution in [3.63, 3.8) is 0 Å². The molecule has 0 spiro atoms. The fourth-order valence-electron chi connectivity index (χ4n) is 2.39. The van der Waals surface area contributed by atoms with Crippen LogP contribution in [-0.4, -0.2) is 16.5 Å². The molecule has 0 amide bonds. The van der Waals surface area contributed by atoms with Crippen molar-refractivity contribution in [1.29, 1.82) is 0 Å². The van der Waals surface area contributed by atoms with Crippen LogP contribution >= 0.6 is 15.9 Å². The predicted molar refractivity (Wildman–Crippen MR) is 103 cm³/mol. The van der Waals surface area contributed by atoms with Gasteiger partial charge in [0, 0.05) is 28.5 Å². The van der Waals surface area contributed by atoms with E-state index < -0.39 is 0 Å². The van der Waals surface area contributed by atoms with Gasteiger partial charge in [0.2, 0.25) is 5.95 Å². The van der Waals surface area contributed by atoms with Crippen molar-refractivity contribution in [2.24, 2.45) is 0 Å². The Kier molecular flexibility index (Phi) is 5.43. The molecule has 1 heterocycles. The van der Waals surface area contributed by atoms with E-state index in [9.17, 15) is 0 Å². The molecule has 0 aliphatic rings. The number of hydrogen-bond acceptors (Lipinski definition) is 4. The van der Waals surface area contributed by atoms with E-state index in [2.05, 4.69) is 60.8 Å². The van der Waals surface area contributed by atoms with Crippen molar-refractivity contribution in [3.8, 4) is 0 Å². The van der Waals surface area contributed by atoms with E-state index in [1.54, 1.807) is 0 Å². The lowest BCUT2D eigenvalue weighted by molar-refractivity contribution is 0.976. The summed E-state index contributed by atoms with van der Waals surface area (Å²) in [5.41, 5.74) is 3.20. The molecule has 0 aliphatic carbocycles. The number of hydrogen-bond donors (Lipinski definition) is 2. The van der Waals surface area contributed by atoms with E-state index >= 15 is 0 Å². The van der Waals surface area contributed by atoms with Gasteiger partial charge >= 0.3 is 0 Å². The number of halogens is 1. The number of aromatic nitrogens is 2. The molecule has 0 radical (unpaired) electrons. The fraction of sp³-hybridized carbons (Fsp3) is 0.158. The number of benzene rings is 2. The van der Waals surface area contributed by atoms with Crippen molar-refractivity contribution >= 4 is 33.4 Å². The Bertz CT molecular complexity index is 805. The molecule has 0 bridgehead atoms. The van der Waals surface area contributed by atoms with Gasteiger partial charge in [0.1, 0.15) is 5.82 Å². The molecule has 3 aromatic rings. The van der Waals surface area contributed by atoms with Crippen LogP contribution in [0, 0.1) is 6.92 Å². The minimum atomic E-state index is 0.642. The van der Waals surface area contributed by atoms with Crippen molar-refractivity contribution in [1.82, 2.24) is 9.97 Å². The second-order valence-corrected chi connectivity index (χ2v) is 6.43. The number of anilines is 3. The van der Waals surface area contributed by atoms with Crippen LogP contribution in [0.3, 0.4) is 0 Å². The maximum atomic E-state index is 4.54. The molecule has 24 heavy (non-hydrogen) atoms. The molecule has 0 saturated carbocycles. The zero-order valence-corrected chi connectivity index (χ0v) is 15.0. The Balaban J connectivity index is 1.65. The molecule has 5 heteroatoms. The third-order valence-electron chi connectivity index (χ3n) is 3.49. The van der Waals surface area contributed by atoms with Gasteiger partial charge in [0.05, 0.1) is 0 Å². The molecule has 2 aromatic carbocycles. The first-order valence-electron chi connectivity index (χ1n) is 7.85. The Morgan fingerprint density at radius 3 is 2.58 bits per heavy atom. The zero-order valence-electron chi connectivity index (χ0n) is 13.5. The van der Waals surface area contributed by atoms with Crippen LogP contribution in [0.15, 0.2) is 65.1 Å². The van der Waals surface area contributed by atoms with Gasteiger partial charge < -0.3 is 10.6 Å². The van der Waals surface area contributed by atoms with Crippen LogP contribution in [0.5, 0.6) is 0 Å². The normalized spacial score (nSPS) is 10.4. The Hall–Kier alpha value is -2.40. The van der Waals surface area contributed by atoms with Gasteiger partial charge in [-0.25, -0.2) is 4.98 Å². The lowest BCUT2D eigenvalue weighted by Gasteiger charge is -2.10. The van der Waals surface area contributed by atoms with Crippen LogP contribution in [0.1, 0.15) is 11.3 Å². The summed E-state index contributed by atoms with van der Waals surface area (Å²) in [7, 11) is 0. The van der Waals surface area contributed by atoms with Crippen molar-refractivity contribution in [3.05, 3.63) is 76.4 Å². The molecule has 122 valence electrons. The Morgan fingerprint density at radius 1 is 0.958 bits per heavy atom. The van der Waals surface area contributed by atoms with Gasteiger partial charge in [0.15, 0.2) is 0 Å². The summed E-state index contributed by atoms with van der Waals surface area (Å²) in [5.74, 6) is 1.42. The van der Waals surface area contributed by atoms with E-state index in [4.69, 9.17) is 0 Å². The van der Waals surface area contributed by atoms with E-state index in [0.717, 1.165) is 34.6 Å². The molecule has 1 aromatic heterocycles. The molecule has 3 rings (SSSR count). The third kappa shape index (κ3) is 4.80. The highest BCUT2D eigenvalue weighted by Gasteiger charge is 2.03. The molecule has 0 fully saturated rings. The highest BCUT2D eigenvalue weighted by Crippen LogP contribution is 2.20. The van der Waals surface area contributed by atoms with Crippen LogP contribution in [0.2, 0.25) is 0 Å². The van der Waals surface area contributed by atoms with Crippen LogP contribution in [-0.2, 0) is 6.42 Å². The summed E-state index contributed by atoms with van der Waals surface area (Å²) in [5, 5.41) is 6.61. The number of aryl methyl sites for hydroxylation is 1. The predicted octanol–water partition coefficient (Wildman–Crippen LogP) is 4.95. The monoisotopic (exact) mass is 382 g/mol. The maximum absolute atomic E-state index is 4.54. The summed E-state index contributed by atoms with van der Waals surface area (Å²) in [6.45, 7) is 2.76. The molecule has 0 atom stereocenters. The molecular weight excluding hydrogens is 364 g/mol. The summed E-state index contributed by atoms with van der Waals surface area (Å²) >= 11 is 3.48. The van der Waals surface area contributed by atoms with Crippen LogP contribution < -0.4 is 10.6 Å². The average Bonchev–Trinajstić information content (AvgIpc) is 2.55. The second kappa shape index (κ2) is 7.93. The molecule has 0 saturated heterocycles. The minimum Gasteiger partial charge on any atom is -0.354 e. The topological polar surface area (TPSA) is 49.8 Å². The highest BCUT2D eigenvalue weighted by atomic mass is 79.9. The molecule has 4 nitrogen and oxygen atoms in total. The molecule has 2 N–H and O–H groups in total. The van der Waals surface area contributed by atoms with Crippen LogP contribution in [0.4, 0.5) is 17.5 Å². The largest absolute Gasteiger partial charge is 0.354 e. The second-order valence-electron chi connectivity index (χ2n) is 5.52. The maximum Gasteiger partial charge on any atom is 0.224 e. The zero-order chi connectivity index (χ0) is 16.8. The lowest BCUT2D eigenvalue weighted by Crippen LogP contribution is -2.09. The van der Waals surface area contributed by atoms with Crippen LogP contribution in [0.25, 0.3) is 0 Å². The van der Waals surface area contributed by atoms with E-state index in [0.29, 0.717) is 5.95 Å². The quantitative estimate of drug-likeness (QED) is 0.633. The number of nitrogens with one attached hydrogen (secondary N) is 2. The van der Waals surface area contributed by atoms with Gasteiger partial charge in [-0.2, -0.15) is 4.98 Å². The minimum absolute atomic E-state index is 0.642. The summed E-state index contributed by atoms with van der Waals surface area (Å²) in [4.78, 5) is 8.99. The summed E-state index contributed by atoms with van der Waals surface area (Å²) in [6, 6.07) is 20.3. The van der Waals surface area contributed by atoms with Crippen molar-refractivity contribution < 1.29 is 0 Å². The Labute approximate surface area is 150 Å². The fourth-order valence-corrected chi connectivity index (χ4v) is 2.79. The van der Waals surface area contributed by atoms with Gasteiger partial charge in [-0.05, 0) is 37.1 Å². The molecule has 0 unspecified atom stereocenters. The Morgan fingerprint density at radius 2 is 1.79 bits per heavy atom. The van der Waals surface area contributed by atoms with Gasteiger partial charge in [-0.1, -0.05) is 52.3 Å². The standard InChI is InChI=1S/C19H19BrN4/c1-14-12-18(23-17-9-5-8-16(20)13-17)24-19(22-14)21-11-10-15-6-3-2-4-7-15/h2-9,12-13H,10-11H2,1H3,(H2,21,22,23,24). The van der Waals surface area contributed by atoms with Gasteiger partial charge in [-0.3, -0.25) is 0 Å². The number of rotatable bonds is 6. The first-order chi connectivity index (χ1) is 11.7. The van der Waals surface area contributed by atoms with E-state index in [1.807, 2.05) is 43.3 Å². The van der Waals surface area contributed by atoms with Crippen molar-refractivity contribution in [2.45, 2.75) is 13.3 Å². The third-order valence-corrected chi connectivity index (χ3v) is 3.98. The van der Waals surface area contributed by atoms with Gasteiger partial charge in [-0.15, -0.1) is 0 Å². The number of nitrogens with zero attached hydrogens (tertiary/aromatic N) is 2. The first kappa shape index (κ1) is 16.5. The van der Waals surface area contributed by atoms with E-state index in [1.165, 1.54) is 5.56 Å². The highest BCUT2D eigenvalue weighted by molar-refractivity contribution is 9.10. The van der Waals surface area contributed by atoms with Crippen molar-refractivity contribution in [2.75, 3.05) is 17.2 Å². The molecule has 0 aliphatic heterocycles. The first-order valence-corrected chi connectivity index (χ1v) is 8.64. The van der Waals surface area contributed by atoms with E-state index in [-0.39, 0.29) is 0 Å². The summed E-state index contributed by atoms with van der Waals surface area (Å²) in [6.07, 6.45) is 0.937. The smallest absolute Gasteiger partial charge is 0.224 e. The van der Waals surface area contributed by atoms with Gasteiger partial charge in [0.25, 0.3) is 0 Å².